The van der Waals surface area contributed by atoms with Gasteiger partial charge in [-0.15, -0.1) is 0 Å². The van der Waals surface area contributed by atoms with Gasteiger partial charge in [0.25, 0.3) is 0 Å². The molecule has 1 heteroatoms. The Labute approximate surface area is 89.7 Å². The minimum Gasteiger partial charge on any atom is -0.206 e. The molecule has 0 amide bonds. The van der Waals surface area contributed by atoms with Crippen molar-refractivity contribution in [2.45, 2.75) is 26.2 Å². The molecule has 0 spiro atoms. The van der Waals surface area contributed by atoms with Crippen molar-refractivity contribution in [1.82, 2.24) is 0 Å². The number of benzene rings is 2. The second-order valence-electron chi connectivity index (χ2n) is 4.93. The van der Waals surface area contributed by atoms with Crippen LogP contribution in [0.25, 0.3) is 10.8 Å². The molecule has 0 atom stereocenters. The Hall–Kier alpha value is -1.37. The minimum atomic E-state index is -0.145. The molecular formula is C14H15F. The van der Waals surface area contributed by atoms with Gasteiger partial charge in [-0.3, -0.25) is 0 Å². The summed E-state index contributed by atoms with van der Waals surface area (Å²) in [5, 5.41) is 1.67. The number of hydrogen-bond donors (Lipinski definition) is 0. The van der Waals surface area contributed by atoms with Gasteiger partial charge in [0.15, 0.2) is 0 Å². The first-order valence-electron chi connectivity index (χ1n) is 5.17. The van der Waals surface area contributed by atoms with E-state index in [1.54, 1.807) is 6.07 Å². The monoisotopic (exact) mass is 202 g/mol. The van der Waals surface area contributed by atoms with Gasteiger partial charge in [-0.05, 0) is 22.4 Å². The Bertz CT molecular complexity index is 492. The maximum Gasteiger partial charge on any atom is 0.131 e. The van der Waals surface area contributed by atoms with Gasteiger partial charge in [-0.1, -0.05) is 51.1 Å². The second kappa shape index (κ2) is 3.34. The lowest BCUT2D eigenvalue weighted by Crippen LogP contribution is -2.10. The molecule has 0 aromatic heterocycles. The molecule has 15 heavy (non-hydrogen) atoms. The third-order valence-corrected chi connectivity index (χ3v) is 2.69. The molecule has 2 aromatic rings. The highest BCUT2D eigenvalue weighted by Gasteiger charge is 2.13. The van der Waals surface area contributed by atoms with E-state index in [9.17, 15) is 4.39 Å². The fraction of sp³-hybridized carbons (Fsp3) is 0.286. The van der Waals surface area contributed by atoms with Crippen LogP contribution in [0.15, 0.2) is 36.4 Å². The minimum absolute atomic E-state index is 0.112. The quantitative estimate of drug-likeness (QED) is 0.598. The van der Waals surface area contributed by atoms with Crippen molar-refractivity contribution >= 4 is 10.8 Å². The molecule has 0 nitrogen and oxygen atoms in total. The summed E-state index contributed by atoms with van der Waals surface area (Å²) in [6.07, 6.45) is 0. The zero-order chi connectivity index (χ0) is 11.1. The van der Waals surface area contributed by atoms with Crippen LogP contribution >= 0.6 is 0 Å². The van der Waals surface area contributed by atoms with Crippen LogP contribution < -0.4 is 0 Å². The molecule has 0 saturated carbocycles. The van der Waals surface area contributed by atoms with Gasteiger partial charge in [0.1, 0.15) is 5.82 Å². The number of halogens is 1. The first-order valence-corrected chi connectivity index (χ1v) is 5.17. The van der Waals surface area contributed by atoms with Crippen molar-refractivity contribution < 1.29 is 4.39 Å². The summed E-state index contributed by atoms with van der Waals surface area (Å²) in [7, 11) is 0. The molecule has 0 aliphatic carbocycles. The molecular weight excluding hydrogens is 187 g/mol. The Morgan fingerprint density at radius 3 is 2.40 bits per heavy atom. The molecule has 0 N–H and O–H groups in total. The molecule has 2 aromatic carbocycles. The predicted octanol–water partition coefficient (Wildman–Crippen LogP) is 4.28. The van der Waals surface area contributed by atoms with E-state index in [2.05, 4.69) is 26.8 Å². The summed E-state index contributed by atoms with van der Waals surface area (Å²) in [6.45, 7) is 6.48. The standard InChI is InChI=1S/C14H15F/c1-14(2,3)11-7-8-12-10(9-11)5-4-6-13(12)15/h4-9H,1-3H3. The van der Waals surface area contributed by atoms with Crippen molar-refractivity contribution in [1.29, 1.82) is 0 Å². The highest BCUT2D eigenvalue weighted by molar-refractivity contribution is 5.83. The molecule has 0 saturated heterocycles. The van der Waals surface area contributed by atoms with Crippen molar-refractivity contribution in [3.05, 3.63) is 47.8 Å². The van der Waals surface area contributed by atoms with Crippen molar-refractivity contribution in [3.8, 4) is 0 Å². The number of rotatable bonds is 0. The summed E-state index contributed by atoms with van der Waals surface area (Å²) in [5.74, 6) is -0.145. The zero-order valence-corrected chi connectivity index (χ0v) is 9.34. The highest BCUT2D eigenvalue weighted by Crippen LogP contribution is 2.26. The van der Waals surface area contributed by atoms with Crippen molar-refractivity contribution in [2.24, 2.45) is 0 Å². The summed E-state index contributed by atoms with van der Waals surface area (Å²) >= 11 is 0. The predicted molar refractivity (Wildman–Crippen MR) is 62.6 cm³/mol. The summed E-state index contributed by atoms with van der Waals surface area (Å²) in [5.41, 5.74) is 1.35. The largest absolute Gasteiger partial charge is 0.206 e. The van der Waals surface area contributed by atoms with Crippen molar-refractivity contribution in [2.75, 3.05) is 0 Å². The van der Waals surface area contributed by atoms with E-state index >= 15 is 0 Å². The molecule has 0 unspecified atom stereocenters. The van der Waals surface area contributed by atoms with E-state index in [-0.39, 0.29) is 11.2 Å². The first-order chi connectivity index (χ1) is 6.98. The van der Waals surface area contributed by atoms with E-state index in [0.717, 1.165) is 5.39 Å². The number of fused-ring (bicyclic) bond motifs is 1. The van der Waals surface area contributed by atoms with Gasteiger partial charge < -0.3 is 0 Å². The Balaban J connectivity index is 2.68. The molecule has 0 bridgehead atoms. The zero-order valence-electron chi connectivity index (χ0n) is 9.34. The summed E-state index contributed by atoms with van der Waals surface area (Å²) in [6, 6.07) is 11.1. The van der Waals surface area contributed by atoms with Crippen LogP contribution in [0, 0.1) is 5.82 Å². The van der Waals surface area contributed by atoms with Gasteiger partial charge in [-0.25, -0.2) is 4.39 Å². The average Bonchev–Trinajstić information content (AvgIpc) is 2.16. The molecule has 0 aliphatic heterocycles. The molecule has 78 valence electrons. The number of hydrogen-bond acceptors (Lipinski definition) is 0. The lowest BCUT2D eigenvalue weighted by molar-refractivity contribution is 0.590. The molecule has 0 radical (unpaired) electrons. The summed E-state index contributed by atoms with van der Waals surface area (Å²) < 4.78 is 13.4. The Kier molecular flexibility index (Phi) is 2.26. The Morgan fingerprint density at radius 1 is 1.00 bits per heavy atom. The average molecular weight is 202 g/mol. The second-order valence-corrected chi connectivity index (χ2v) is 4.93. The SMILES string of the molecule is CC(C)(C)c1ccc2c(F)cccc2c1. The van der Waals surface area contributed by atoms with E-state index in [1.165, 1.54) is 11.6 Å². The van der Waals surface area contributed by atoms with Crippen molar-refractivity contribution in [3.63, 3.8) is 0 Å². The molecule has 0 aliphatic rings. The van der Waals surface area contributed by atoms with Gasteiger partial charge in [0, 0.05) is 5.39 Å². The lowest BCUT2D eigenvalue weighted by atomic mass is 9.86. The maximum absolute atomic E-state index is 13.4. The summed E-state index contributed by atoms with van der Waals surface area (Å²) in [4.78, 5) is 0. The molecule has 0 heterocycles. The van der Waals surface area contributed by atoms with Crippen LogP contribution in [0.1, 0.15) is 26.3 Å². The van der Waals surface area contributed by atoms with Gasteiger partial charge in [0.2, 0.25) is 0 Å². The third kappa shape index (κ3) is 1.87. The molecule has 0 fully saturated rings. The Morgan fingerprint density at radius 2 is 1.73 bits per heavy atom. The van der Waals surface area contributed by atoms with E-state index in [0.29, 0.717) is 5.39 Å². The van der Waals surface area contributed by atoms with Crippen LogP contribution in [-0.4, -0.2) is 0 Å². The van der Waals surface area contributed by atoms with Crippen LogP contribution in [-0.2, 0) is 5.41 Å². The third-order valence-electron chi connectivity index (χ3n) is 2.69. The van der Waals surface area contributed by atoms with Crippen LogP contribution in [0.5, 0.6) is 0 Å². The molecule has 2 rings (SSSR count). The van der Waals surface area contributed by atoms with E-state index < -0.39 is 0 Å². The van der Waals surface area contributed by atoms with Crippen LogP contribution in [0.3, 0.4) is 0 Å². The first kappa shape index (κ1) is 10.2. The topological polar surface area (TPSA) is 0 Å². The van der Waals surface area contributed by atoms with Gasteiger partial charge in [0.05, 0.1) is 0 Å². The normalized spacial score (nSPS) is 12.0. The lowest BCUT2D eigenvalue weighted by Gasteiger charge is -2.19. The fourth-order valence-corrected chi connectivity index (χ4v) is 1.71. The smallest absolute Gasteiger partial charge is 0.131 e. The van der Waals surface area contributed by atoms with Gasteiger partial charge in [-0.2, -0.15) is 0 Å². The van der Waals surface area contributed by atoms with E-state index in [1.807, 2.05) is 18.2 Å². The van der Waals surface area contributed by atoms with Crippen LogP contribution in [0.4, 0.5) is 4.39 Å². The van der Waals surface area contributed by atoms with Crippen LogP contribution in [0.2, 0.25) is 0 Å². The maximum atomic E-state index is 13.4. The van der Waals surface area contributed by atoms with E-state index in [4.69, 9.17) is 0 Å². The fourth-order valence-electron chi connectivity index (χ4n) is 1.71. The van der Waals surface area contributed by atoms with Gasteiger partial charge >= 0.3 is 0 Å². The highest BCUT2D eigenvalue weighted by atomic mass is 19.1.